The van der Waals surface area contributed by atoms with E-state index in [1.165, 1.54) is 18.2 Å². The number of phenols is 1. The highest BCUT2D eigenvalue weighted by Gasteiger charge is 2.04. The topological polar surface area (TPSA) is 200 Å². The summed E-state index contributed by atoms with van der Waals surface area (Å²) in [6.45, 7) is 17.1. The van der Waals surface area contributed by atoms with Crippen LogP contribution in [0.2, 0.25) is 0 Å². The molecule has 0 aliphatic carbocycles. The number of aliphatic hydroxyl groups is 1. The van der Waals surface area contributed by atoms with Crippen LogP contribution in [-0.2, 0) is 33.6 Å². The Morgan fingerprint density at radius 2 is 1.00 bits per heavy atom. The van der Waals surface area contributed by atoms with Crippen molar-refractivity contribution in [3.8, 4) is 17.2 Å². The summed E-state index contributed by atoms with van der Waals surface area (Å²) in [5.74, 6) is 2.00. The molecule has 0 heterocycles. The zero-order chi connectivity index (χ0) is 40.9. The van der Waals surface area contributed by atoms with Crippen LogP contribution < -0.4 is 31.2 Å². The molecule has 3 amide bonds. The highest BCUT2D eigenvalue weighted by molar-refractivity contribution is 5.67. The Bertz CT molecular complexity index is 1440. The first-order chi connectivity index (χ1) is 26.7. The molecule has 7 N–H and O–H groups in total. The quantitative estimate of drug-likeness (QED) is 0.0488. The molecule has 0 unspecified atom stereocenters. The number of nitrogens with one attached hydrogen (secondary N) is 3. The van der Waals surface area contributed by atoms with Crippen molar-refractivity contribution in [3.63, 3.8) is 0 Å². The fraction of sp³-hybridized carbons (Fsp3) is 0.341. The molecule has 0 spiro atoms. The minimum absolute atomic E-state index is 0.0802. The van der Waals surface area contributed by atoms with Gasteiger partial charge < -0.3 is 55.6 Å². The largest absolute Gasteiger partial charge is 0.508 e. The summed E-state index contributed by atoms with van der Waals surface area (Å²) in [5.41, 5.74) is 8.69. The Balaban J connectivity index is 0.000000739. The van der Waals surface area contributed by atoms with Crippen LogP contribution in [0.1, 0.15) is 30.5 Å². The molecule has 3 rings (SSSR count). The lowest BCUT2D eigenvalue weighted by Crippen LogP contribution is -2.28. The number of nitrogens with two attached hydrogens (primary N) is 1. The molecule has 3 aromatic carbocycles. The monoisotopic (exact) mass is 766 g/mol. The number of hydrogen-bond donors (Lipinski definition) is 6. The Morgan fingerprint density at radius 1 is 0.618 bits per heavy atom. The predicted molar refractivity (Wildman–Crippen MR) is 214 cm³/mol. The Hall–Kier alpha value is -5.99. The number of carbonyl (C=O) groups is 3. The maximum Gasteiger partial charge on any atom is 0.407 e. The van der Waals surface area contributed by atoms with Crippen molar-refractivity contribution < 1.29 is 48.3 Å². The van der Waals surface area contributed by atoms with Gasteiger partial charge in [-0.2, -0.15) is 0 Å². The van der Waals surface area contributed by atoms with Crippen LogP contribution in [0.15, 0.2) is 111 Å². The summed E-state index contributed by atoms with van der Waals surface area (Å²) in [5, 5.41) is 24.8. The molecule has 14 nitrogen and oxygen atoms in total. The molecule has 0 fully saturated rings. The number of aromatic hydroxyl groups is 1. The van der Waals surface area contributed by atoms with Gasteiger partial charge in [-0.05, 0) is 42.2 Å². The third kappa shape index (κ3) is 25.6. The van der Waals surface area contributed by atoms with E-state index < -0.39 is 18.3 Å². The molecular weight excluding hydrogens is 708 g/mol. The van der Waals surface area contributed by atoms with E-state index in [2.05, 4.69) is 47.3 Å². The Labute approximate surface area is 325 Å². The summed E-state index contributed by atoms with van der Waals surface area (Å²) in [6, 6.07) is 22.8. The summed E-state index contributed by atoms with van der Waals surface area (Å²) in [4.78, 5) is 32.6. The molecule has 302 valence electrons. The molecule has 0 saturated heterocycles. The highest BCUT2D eigenvalue weighted by atomic mass is 16.6. The minimum Gasteiger partial charge on any atom is -0.508 e. The molecule has 0 radical (unpaired) electrons. The number of benzene rings is 3. The lowest BCUT2D eigenvalue weighted by molar-refractivity contribution is 0.154. The average Bonchev–Trinajstić information content (AvgIpc) is 3.22. The van der Waals surface area contributed by atoms with Crippen molar-refractivity contribution in [2.75, 3.05) is 59.3 Å². The van der Waals surface area contributed by atoms with Crippen molar-refractivity contribution in [1.82, 2.24) is 16.0 Å². The number of hydrogen-bond acceptors (Lipinski definition) is 11. The first-order valence-corrected chi connectivity index (χ1v) is 17.7. The number of rotatable bonds is 19. The van der Waals surface area contributed by atoms with Gasteiger partial charge in [-0.25, -0.2) is 14.4 Å². The van der Waals surface area contributed by atoms with E-state index in [1.807, 2.05) is 73.7 Å². The van der Waals surface area contributed by atoms with Gasteiger partial charge in [0, 0.05) is 18.7 Å². The summed E-state index contributed by atoms with van der Waals surface area (Å²) in [6.07, 6.45) is 4.85. The van der Waals surface area contributed by atoms with Crippen molar-refractivity contribution in [3.05, 3.63) is 127 Å². The molecule has 55 heavy (non-hydrogen) atoms. The molecule has 0 aliphatic heterocycles. The van der Waals surface area contributed by atoms with Gasteiger partial charge in [0.15, 0.2) is 0 Å². The first-order valence-electron chi connectivity index (χ1n) is 17.7. The van der Waals surface area contributed by atoms with Crippen molar-refractivity contribution in [2.45, 2.75) is 33.2 Å². The van der Waals surface area contributed by atoms with Gasteiger partial charge >= 0.3 is 18.3 Å². The standard InChI is InChI=1S/C14H19NO3.C13H18N2O3.C8H10O.C6H11NO3/c1-3-10-18-14(16)15-9-11-17-13-8-6-5-7-12(13)4-2;1-2-8-18-13(16)15-7-9-17-12-6-4-3-5-11(12)10-14;1-2-7-5-3-4-6-8(7)9;1-2-5-10-6(9)7-3-4-8/h3,5-8H,1,4,9-11H2,2H3,(H,15,16);2-6H,1,7-10,14H2,(H,15,16);3-6,9H,2H2,1H3;2,8H,1,3-5H2,(H,7,9). The number of aryl methyl sites for hydroxylation is 2. The fourth-order valence-electron chi connectivity index (χ4n) is 3.90. The molecule has 0 bridgehead atoms. The second-order valence-electron chi connectivity index (χ2n) is 10.6. The summed E-state index contributed by atoms with van der Waals surface area (Å²) < 4.78 is 25.1. The van der Waals surface area contributed by atoms with E-state index in [1.54, 1.807) is 6.07 Å². The summed E-state index contributed by atoms with van der Waals surface area (Å²) >= 11 is 0. The van der Waals surface area contributed by atoms with E-state index in [-0.39, 0.29) is 33.0 Å². The number of aliphatic hydroxyl groups excluding tert-OH is 1. The number of alkyl carbamates (subject to hydrolysis) is 3. The predicted octanol–water partition coefficient (Wildman–Crippen LogP) is 5.82. The molecule has 0 atom stereocenters. The minimum atomic E-state index is -0.533. The summed E-state index contributed by atoms with van der Waals surface area (Å²) in [7, 11) is 0. The van der Waals surface area contributed by atoms with Gasteiger partial charge in [0.2, 0.25) is 0 Å². The maximum atomic E-state index is 11.1. The third-order valence-corrected chi connectivity index (χ3v) is 6.55. The van der Waals surface area contributed by atoms with Crippen LogP contribution in [0, 0.1) is 0 Å². The van der Waals surface area contributed by atoms with E-state index >= 15 is 0 Å². The molecule has 0 saturated carbocycles. The fourth-order valence-corrected chi connectivity index (χ4v) is 3.90. The van der Waals surface area contributed by atoms with Crippen molar-refractivity contribution >= 4 is 18.3 Å². The van der Waals surface area contributed by atoms with Crippen LogP contribution in [0.3, 0.4) is 0 Å². The van der Waals surface area contributed by atoms with E-state index in [0.717, 1.165) is 41.0 Å². The first kappa shape index (κ1) is 49.0. The van der Waals surface area contributed by atoms with Gasteiger partial charge in [-0.1, -0.05) is 106 Å². The van der Waals surface area contributed by atoms with Gasteiger partial charge in [0.25, 0.3) is 0 Å². The smallest absolute Gasteiger partial charge is 0.407 e. The lowest BCUT2D eigenvalue weighted by Gasteiger charge is -2.10. The van der Waals surface area contributed by atoms with Crippen LogP contribution in [0.4, 0.5) is 14.4 Å². The zero-order valence-electron chi connectivity index (χ0n) is 32.0. The van der Waals surface area contributed by atoms with Gasteiger partial charge in [0.05, 0.1) is 19.7 Å². The highest BCUT2D eigenvalue weighted by Crippen LogP contribution is 2.18. The second-order valence-corrected chi connectivity index (χ2v) is 10.6. The number of amides is 3. The van der Waals surface area contributed by atoms with E-state index in [9.17, 15) is 14.4 Å². The van der Waals surface area contributed by atoms with E-state index in [4.69, 9.17) is 34.9 Å². The lowest BCUT2D eigenvalue weighted by atomic mass is 10.1. The van der Waals surface area contributed by atoms with Crippen LogP contribution in [0.5, 0.6) is 17.2 Å². The van der Waals surface area contributed by atoms with Crippen LogP contribution in [-0.4, -0.2) is 87.8 Å². The zero-order valence-corrected chi connectivity index (χ0v) is 32.0. The molecule has 0 aromatic heterocycles. The molecule has 3 aromatic rings. The third-order valence-electron chi connectivity index (χ3n) is 6.55. The van der Waals surface area contributed by atoms with Gasteiger partial charge in [-0.15, -0.1) is 0 Å². The second kappa shape index (κ2) is 33.8. The van der Waals surface area contributed by atoms with E-state index in [0.29, 0.717) is 38.6 Å². The van der Waals surface area contributed by atoms with Gasteiger partial charge in [-0.3, -0.25) is 0 Å². The number of para-hydroxylation sites is 3. The Morgan fingerprint density at radius 3 is 1.38 bits per heavy atom. The molecule has 0 aliphatic rings. The van der Waals surface area contributed by atoms with Crippen LogP contribution in [0.25, 0.3) is 0 Å². The number of phenolic OH excluding ortho intramolecular Hbond substituents is 1. The van der Waals surface area contributed by atoms with Crippen molar-refractivity contribution in [2.24, 2.45) is 5.73 Å². The number of ether oxygens (including phenoxy) is 5. The maximum absolute atomic E-state index is 11.1. The number of carbonyl (C=O) groups excluding carboxylic acids is 3. The molecule has 14 heteroatoms. The average molecular weight is 767 g/mol. The van der Waals surface area contributed by atoms with Gasteiger partial charge in [0.1, 0.15) is 50.3 Å². The van der Waals surface area contributed by atoms with Crippen molar-refractivity contribution in [1.29, 1.82) is 0 Å². The van der Waals surface area contributed by atoms with Crippen LogP contribution >= 0.6 is 0 Å². The Kier molecular flexibility index (Phi) is 30.1. The molecular formula is C41H58N4O10. The normalized spacial score (nSPS) is 9.38. The SMILES string of the molecule is C=CCOC(=O)NCCO.C=CCOC(=O)NCCOc1ccccc1CC.C=CCOC(=O)NCCOc1ccccc1CN.CCc1ccccc1O.